The van der Waals surface area contributed by atoms with Crippen LogP contribution >= 0.6 is 12.2 Å². The van der Waals surface area contributed by atoms with Crippen molar-refractivity contribution >= 4 is 28.9 Å². The maximum absolute atomic E-state index is 11.9. The van der Waals surface area contributed by atoms with E-state index in [2.05, 4.69) is 0 Å². The van der Waals surface area contributed by atoms with Crippen LogP contribution < -0.4 is 4.90 Å². The second-order valence-electron chi connectivity index (χ2n) is 4.09. The van der Waals surface area contributed by atoms with Gasteiger partial charge in [0, 0.05) is 7.05 Å². The molecule has 84 valence electrons. The molecule has 4 heteroatoms. The monoisotopic (exact) mass is 234 g/mol. The maximum atomic E-state index is 11.9. The van der Waals surface area contributed by atoms with E-state index in [1.165, 1.54) is 5.56 Å². The number of hydrogen-bond donors (Lipinski definition) is 0. The molecule has 0 aromatic heterocycles. The average molecular weight is 234 g/mol. The van der Waals surface area contributed by atoms with E-state index in [1.807, 2.05) is 39.1 Å². The van der Waals surface area contributed by atoms with E-state index in [9.17, 15) is 4.79 Å². The number of nitrogens with zero attached hydrogens (tertiary/aromatic N) is 2. The van der Waals surface area contributed by atoms with E-state index in [-0.39, 0.29) is 5.91 Å². The Morgan fingerprint density at radius 3 is 2.56 bits per heavy atom. The van der Waals surface area contributed by atoms with Crippen molar-refractivity contribution < 1.29 is 4.79 Å². The van der Waals surface area contributed by atoms with Crippen molar-refractivity contribution in [3.05, 3.63) is 29.3 Å². The molecule has 0 spiro atoms. The van der Waals surface area contributed by atoms with Crippen LogP contribution in [0, 0.1) is 13.8 Å². The first-order valence-corrected chi connectivity index (χ1v) is 5.57. The first kappa shape index (κ1) is 11.1. The van der Waals surface area contributed by atoms with Gasteiger partial charge in [-0.25, -0.2) is 0 Å². The molecule has 1 amide bonds. The summed E-state index contributed by atoms with van der Waals surface area (Å²) in [6.45, 7) is 4.41. The highest BCUT2D eigenvalue weighted by molar-refractivity contribution is 7.80. The molecule has 1 fully saturated rings. The number of anilines is 1. The Bertz CT molecular complexity index is 470. The highest BCUT2D eigenvalue weighted by atomic mass is 32.1. The van der Waals surface area contributed by atoms with E-state index >= 15 is 0 Å². The van der Waals surface area contributed by atoms with Gasteiger partial charge in [0.2, 0.25) is 0 Å². The third-order valence-corrected chi connectivity index (χ3v) is 3.45. The molecule has 0 aliphatic carbocycles. The van der Waals surface area contributed by atoms with Gasteiger partial charge in [-0.1, -0.05) is 12.1 Å². The third-order valence-electron chi connectivity index (χ3n) is 2.96. The first-order valence-electron chi connectivity index (χ1n) is 5.16. The summed E-state index contributed by atoms with van der Waals surface area (Å²) in [7, 11) is 1.84. The van der Waals surface area contributed by atoms with Crippen LogP contribution in [0.15, 0.2) is 18.2 Å². The summed E-state index contributed by atoms with van der Waals surface area (Å²) in [4.78, 5) is 15.3. The van der Waals surface area contributed by atoms with Crippen molar-refractivity contribution in [2.45, 2.75) is 13.8 Å². The number of thiocarbonyl (C=S) groups is 1. The molecule has 0 N–H and O–H groups in total. The highest BCUT2D eigenvalue weighted by Crippen LogP contribution is 2.26. The SMILES string of the molecule is Cc1cccc(N2C(=O)CN(C)C2=S)c1C. The van der Waals surface area contributed by atoms with Crippen molar-refractivity contribution in [2.75, 3.05) is 18.5 Å². The number of carbonyl (C=O) groups is 1. The highest BCUT2D eigenvalue weighted by Gasteiger charge is 2.32. The van der Waals surface area contributed by atoms with E-state index in [1.54, 1.807) is 9.80 Å². The number of benzene rings is 1. The molecule has 3 nitrogen and oxygen atoms in total. The van der Waals surface area contributed by atoms with Crippen molar-refractivity contribution in [3.63, 3.8) is 0 Å². The molecule has 1 aromatic carbocycles. The Morgan fingerprint density at radius 2 is 2.00 bits per heavy atom. The predicted molar refractivity (Wildman–Crippen MR) is 68.6 cm³/mol. The van der Waals surface area contributed by atoms with Crippen LogP contribution in [0.5, 0.6) is 0 Å². The van der Waals surface area contributed by atoms with Gasteiger partial charge < -0.3 is 4.90 Å². The molecular weight excluding hydrogens is 220 g/mol. The van der Waals surface area contributed by atoms with Crippen LogP contribution in [0.3, 0.4) is 0 Å². The largest absolute Gasteiger partial charge is 0.342 e. The lowest BCUT2D eigenvalue weighted by Gasteiger charge is -2.20. The summed E-state index contributed by atoms with van der Waals surface area (Å²) in [6.07, 6.45) is 0. The molecule has 0 bridgehead atoms. The lowest BCUT2D eigenvalue weighted by molar-refractivity contribution is -0.116. The lowest BCUT2D eigenvalue weighted by Crippen LogP contribution is -2.31. The Balaban J connectivity index is 2.49. The minimum absolute atomic E-state index is 0.0428. The van der Waals surface area contributed by atoms with Crippen LogP contribution in [0.2, 0.25) is 0 Å². The van der Waals surface area contributed by atoms with Gasteiger partial charge in [0.25, 0.3) is 5.91 Å². The zero-order valence-corrected chi connectivity index (χ0v) is 10.5. The lowest BCUT2D eigenvalue weighted by atomic mass is 10.1. The molecule has 0 unspecified atom stereocenters. The van der Waals surface area contributed by atoms with Crippen molar-refractivity contribution in [1.82, 2.24) is 4.90 Å². The molecule has 1 heterocycles. The maximum Gasteiger partial charge on any atom is 0.252 e. The van der Waals surface area contributed by atoms with Gasteiger partial charge in [0.05, 0.1) is 12.2 Å². The zero-order valence-electron chi connectivity index (χ0n) is 9.65. The minimum Gasteiger partial charge on any atom is -0.342 e. The van der Waals surface area contributed by atoms with Gasteiger partial charge in [-0.05, 0) is 43.3 Å². The van der Waals surface area contributed by atoms with Gasteiger partial charge in [0.1, 0.15) is 0 Å². The third kappa shape index (κ3) is 1.59. The topological polar surface area (TPSA) is 23.6 Å². The summed E-state index contributed by atoms with van der Waals surface area (Å²) < 4.78 is 0. The van der Waals surface area contributed by atoms with Gasteiger partial charge in [0.15, 0.2) is 5.11 Å². The molecule has 0 saturated carbocycles. The molecule has 0 radical (unpaired) electrons. The van der Waals surface area contributed by atoms with Crippen molar-refractivity contribution in [2.24, 2.45) is 0 Å². The number of rotatable bonds is 1. The quantitative estimate of drug-likeness (QED) is 0.693. The summed E-state index contributed by atoms with van der Waals surface area (Å²) in [5.74, 6) is 0.0428. The molecule has 1 aliphatic heterocycles. The van der Waals surface area contributed by atoms with Crippen LogP contribution in [-0.4, -0.2) is 29.5 Å². The average Bonchev–Trinajstić information content (AvgIpc) is 2.47. The molecule has 1 aromatic rings. The molecule has 2 rings (SSSR count). The summed E-state index contributed by atoms with van der Waals surface area (Å²) in [5, 5.41) is 0.582. The zero-order chi connectivity index (χ0) is 11.9. The van der Waals surface area contributed by atoms with Crippen LogP contribution in [0.25, 0.3) is 0 Å². The molecule has 0 atom stereocenters. The number of aryl methyl sites for hydroxylation is 1. The summed E-state index contributed by atoms with van der Waals surface area (Å²) in [5.41, 5.74) is 3.18. The number of likely N-dealkylation sites (N-methyl/N-ethyl adjacent to an activating group) is 1. The van der Waals surface area contributed by atoms with Gasteiger partial charge in [-0.3, -0.25) is 9.69 Å². The van der Waals surface area contributed by atoms with Crippen molar-refractivity contribution in [1.29, 1.82) is 0 Å². The van der Waals surface area contributed by atoms with Crippen LogP contribution in [0.4, 0.5) is 5.69 Å². The Labute approximate surface area is 101 Å². The normalized spacial score (nSPS) is 16.2. The summed E-state index contributed by atoms with van der Waals surface area (Å²) >= 11 is 5.26. The fraction of sp³-hybridized carbons (Fsp3) is 0.333. The first-order chi connectivity index (χ1) is 7.52. The Kier molecular flexibility index (Phi) is 2.68. The van der Waals surface area contributed by atoms with E-state index in [0.717, 1.165) is 11.3 Å². The van der Waals surface area contributed by atoms with Gasteiger partial charge >= 0.3 is 0 Å². The standard InChI is InChI=1S/C12H14N2OS/c1-8-5-4-6-10(9(8)2)14-11(15)7-13(3)12(14)16/h4-6H,7H2,1-3H3. The van der Waals surface area contributed by atoms with E-state index < -0.39 is 0 Å². The number of amides is 1. The van der Waals surface area contributed by atoms with Crippen LogP contribution in [0.1, 0.15) is 11.1 Å². The molecule has 1 aliphatic rings. The van der Waals surface area contributed by atoms with Gasteiger partial charge in [-0.2, -0.15) is 0 Å². The second kappa shape index (κ2) is 3.87. The Hall–Kier alpha value is -1.42. The summed E-state index contributed by atoms with van der Waals surface area (Å²) in [6, 6.07) is 5.92. The molecule has 16 heavy (non-hydrogen) atoms. The fourth-order valence-corrected chi connectivity index (χ4v) is 2.10. The second-order valence-corrected chi connectivity index (χ2v) is 4.45. The smallest absolute Gasteiger partial charge is 0.252 e. The predicted octanol–water partition coefficient (Wildman–Crippen LogP) is 1.87. The number of carbonyl (C=O) groups excluding carboxylic acids is 1. The van der Waals surface area contributed by atoms with Gasteiger partial charge in [-0.15, -0.1) is 0 Å². The van der Waals surface area contributed by atoms with Crippen LogP contribution in [-0.2, 0) is 4.79 Å². The molecular formula is C12H14N2OS. The Morgan fingerprint density at radius 1 is 1.31 bits per heavy atom. The fourth-order valence-electron chi connectivity index (χ4n) is 1.83. The minimum atomic E-state index is 0.0428. The van der Waals surface area contributed by atoms with E-state index in [4.69, 9.17) is 12.2 Å². The van der Waals surface area contributed by atoms with Crippen molar-refractivity contribution in [3.8, 4) is 0 Å². The van der Waals surface area contributed by atoms with E-state index in [0.29, 0.717) is 11.7 Å². The molecule has 1 saturated heterocycles. The number of hydrogen-bond acceptors (Lipinski definition) is 2.